The third-order valence-electron chi connectivity index (χ3n) is 3.49. The van der Waals surface area contributed by atoms with Gasteiger partial charge in [0.1, 0.15) is 5.82 Å². The Morgan fingerprint density at radius 3 is 2.67 bits per heavy atom. The van der Waals surface area contributed by atoms with E-state index in [2.05, 4.69) is 4.98 Å². The highest BCUT2D eigenvalue weighted by Crippen LogP contribution is 2.44. The van der Waals surface area contributed by atoms with E-state index in [1.165, 1.54) is 25.9 Å². The Bertz CT molecular complexity index is 660. The van der Waals surface area contributed by atoms with Crippen LogP contribution in [-0.4, -0.2) is 48.8 Å². The second kappa shape index (κ2) is 8.34. The van der Waals surface area contributed by atoms with E-state index in [4.69, 9.17) is 24.3 Å². The molecule has 3 atom stereocenters. The third kappa shape index (κ3) is 4.18. The maximum Gasteiger partial charge on any atom is 0.350 e. The smallest absolute Gasteiger partial charge is 0.350 e. The van der Waals surface area contributed by atoms with E-state index < -0.39 is 25.9 Å². The van der Waals surface area contributed by atoms with E-state index >= 15 is 0 Å². The number of nitrogen functional groups attached to an aromatic ring is 1. The van der Waals surface area contributed by atoms with Crippen LogP contribution in [0.1, 0.15) is 12.5 Å². The lowest BCUT2D eigenvalue weighted by molar-refractivity contribution is -0.151. The van der Waals surface area contributed by atoms with E-state index in [1.54, 1.807) is 18.3 Å². The number of hydrogen-bond donors (Lipinski definition) is 1. The first-order valence-corrected chi connectivity index (χ1v) is 8.38. The highest BCUT2D eigenvalue weighted by Gasteiger charge is 2.35. The number of allylic oxidation sites excluding steroid dienone is 1. The van der Waals surface area contributed by atoms with Crippen molar-refractivity contribution < 1.29 is 23.3 Å². The number of anilines is 1. The Labute approximate surface area is 140 Å². The molecular weight excluding hydrogens is 337 g/mol. The molecule has 0 aromatic carbocycles. The Balaban J connectivity index is 2.08. The summed E-state index contributed by atoms with van der Waals surface area (Å²) >= 11 is 0. The highest BCUT2D eigenvalue weighted by atomic mass is 31.2. The normalized spacial score (nSPS) is 21.2. The summed E-state index contributed by atoms with van der Waals surface area (Å²) in [6.07, 6.45) is 5.26. The number of ether oxygens (including phenoxy) is 2. The topological polar surface area (TPSA) is 115 Å². The van der Waals surface area contributed by atoms with Crippen molar-refractivity contribution >= 4 is 20.2 Å². The average molecular weight is 357 g/mol. The number of hydrogen-bond acceptors (Lipinski definition) is 8. The van der Waals surface area contributed by atoms with E-state index in [0.717, 1.165) is 0 Å². The quantitative estimate of drug-likeness (QED) is 0.433. The molecule has 1 heterocycles. The molecule has 0 radical (unpaired) electrons. The third-order valence-corrected chi connectivity index (χ3v) is 4.92. The molecular formula is C14H20N3O6P. The Kier molecular flexibility index (Phi) is 6.44. The van der Waals surface area contributed by atoms with Gasteiger partial charge in [-0.05, 0) is 6.07 Å². The van der Waals surface area contributed by atoms with Crippen molar-refractivity contribution in [1.29, 1.82) is 0 Å². The van der Waals surface area contributed by atoms with Gasteiger partial charge in [0.25, 0.3) is 0 Å². The molecule has 1 aliphatic carbocycles. The van der Waals surface area contributed by atoms with Crippen LogP contribution in [0.3, 0.4) is 0 Å². The van der Waals surface area contributed by atoms with Gasteiger partial charge in [0.2, 0.25) is 14.2 Å². The van der Waals surface area contributed by atoms with E-state index in [1.807, 2.05) is 6.08 Å². The number of carbonyl (C=O) groups excluding carboxylic acids is 1. The maximum atomic E-state index is 11.9. The lowest BCUT2D eigenvalue weighted by Crippen LogP contribution is -2.30. The summed E-state index contributed by atoms with van der Waals surface area (Å²) in [4.78, 5) is 27.5. The van der Waals surface area contributed by atoms with Crippen molar-refractivity contribution in [2.45, 2.75) is 24.4 Å². The van der Waals surface area contributed by atoms with Crippen molar-refractivity contribution in [2.75, 3.05) is 27.1 Å². The molecule has 0 bridgehead atoms. The first-order valence-electron chi connectivity index (χ1n) is 7.13. The number of nitrogens with two attached hydrogens (primary N) is 1. The monoisotopic (exact) mass is 357 g/mol. The van der Waals surface area contributed by atoms with Crippen LogP contribution in [-0.2, 0) is 23.3 Å². The second-order valence-corrected chi connectivity index (χ2v) is 6.70. The number of nitrogens with zero attached hydrogens (tertiary/aromatic N) is 2. The first-order chi connectivity index (χ1) is 11.5. The van der Waals surface area contributed by atoms with Gasteiger partial charge in [-0.3, -0.25) is 4.57 Å². The number of esters is 1. The molecule has 0 amide bonds. The van der Waals surface area contributed by atoms with Crippen LogP contribution in [0.2, 0.25) is 0 Å². The van der Waals surface area contributed by atoms with Crippen molar-refractivity contribution in [3.8, 4) is 0 Å². The minimum absolute atomic E-state index is 0.169. The summed E-state index contributed by atoms with van der Waals surface area (Å²) in [5.41, 5.74) is 5.05. The zero-order valence-electron chi connectivity index (χ0n) is 13.6. The van der Waals surface area contributed by atoms with Gasteiger partial charge in [0.15, 0.2) is 0 Å². The van der Waals surface area contributed by atoms with Crippen LogP contribution in [0.4, 0.5) is 5.82 Å². The molecule has 24 heavy (non-hydrogen) atoms. The maximum absolute atomic E-state index is 11.9. The summed E-state index contributed by atoms with van der Waals surface area (Å²) in [7, 11) is 2.54. The van der Waals surface area contributed by atoms with Crippen LogP contribution in [0, 0.1) is 0 Å². The molecule has 132 valence electrons. The number of methoxy groups -OCH3 is 1. The fourth-order valence-corrected chi connectivity index (χ4v) is 3.42. The van der Waals surface area contributed by atoms with Gasteiger partial charge in [-0.1, -0.05) is 12.2 Å². The molecule has 0 fully saturated rings. The zero-order chi connectivity index (χ0) is 17.7. The molecule has 0 saturated heterocycles. The summed E-state index contributed by atoms with van der Waals surface area (Å²) < 4.78 is 22.3. The van der Waals surface area contributed by atoms with E-state index in [9.17, 15) is 9.59 Å². The van der Waals surface area contributed by atoms with Gasteiger partial charge in [-0.15, -0.1) is 0 Å². The molecule has 1 aliphatic rings. The predicted octanol–water partition coefficient (Wildman–Crippen LogP) is 0.815. The molecule has 1 aromatic heterocycles. The predicted molar refractivity (Wildman–Crippen MR) is 87.3 cm³/mol. The lowest BCUT2D eigenvalue weighted by atomic mass is 10.2. The standard InChI is InChI=1S/C14H20N3O6P/c1-20-12(18)13(24(21-2)22-3)23-10-5-4-9(8-10)17-7-6-11(15)16-14(17)19/h4-7,9-10,13H,8H2,1-3H3,(H2,15,16,19)/t9-,10+,13?/m1/s1. The molecule has 2 N–H and O–H groups in total. The molecule has 0 spiro atoms. The van der Waals surface area contributed by atoms with Crippen LogP contribution in [0.5, 0.6) is 0 Å². The summed E-state index contributed by atoms with van der Waals surface area (Å²) in [6.45, 7) is 0. The number of carbonyl (C=O) groups is 1. The van der Waals surface area contributed by atoms with Crippen molar-refractivity contribution in [3.05, 3.63) is 34.9 Å². The first kappa shape index (κ1) is 18.5. The molecule has 1 aromatic rings. The molecule has 0 aliphatic heterocycles. The van der Waals surface area contributed by atoms with Crippen LogP contribution >= 0.6 is 8.38 Å². The largest absolute Gasteiger partial charge is 0.467 e. The Morgan fingerprint density at radius 1 is 1.38 bits per heavy atom. The minimum Gasteiger partial charge on any atom is -0.467 e. The van der Waals surface area contributed by atoms with Crippen LogP contribution < -0.4 is 11.4 Å². The Morgan fingerprint density at radius 2 is 2.08 bits per heavy atom. The highest BCUT2D eigenvalue weighted by molar-refractivity contribution is 7.49. The SMILES string of the molecule is COC(=O)C(O[C@H]1C=C[C@@H](n2ccc(N)nc2=O)C1)P(OC)OC. The van der Waals surface area contributed by atoms with Crippen molar-refractivity contribution in [2.24, 2.45) is 0 Å². The lowest BCUT2D eigenvalue weighted by Gasteiger charge is -2.24. The summed E-state index contributed by atoms with van der Waals surface area (Å²) in [5, 5.41) is 0. The molecule has 9 nitrogen and oxygen atoms in total. The molecule has 2 rings (SSSR count). The van der Waals surface area contributed by atoms with Gasteiger partial charge < -0.3 is 24.3 Å². The fraction of sp³-hybridized carbons (Fsp3) is 0.500. The summed E-state index contributed by atoms with van der Waals surface area (Å²) in [5.74, 6) is -1.38. The minimum atomic E-state index is -1.59. The van der Waals surface area contributed by atoms with E-state index in [0.29, 0.717) is 6.42 Å². The Hall–Kier alpha value is -1.80. The molecule has 0 saturated carbocycles. The molecule has 10 heteroatoms. The van der Waals surface area contributed by atoms with Gasteiger partial charge in [0.05, 0.1) is 19.3 Å². The zero-order valence-corrected chi connectivity index (χ0v) is 14.5. The van der Waals surface area contributed by atoms with Gasteiger partial charge in [-0.25, -0.2) is 9.59 Å². The number of rotatable bonds is 7. The number of aromatic nitrogens is 2. The summed E-state index contributed by atoms with van der Waals surface area (Å²) in [6, 6.07) is 1.32. The molecule has 1 unspecified atom stereocenters. The van der Waals surface area contributed by atoms with Gasteiger partial charge in [-0.2, -0.15) is 4.98 Å². The average Bonchev–Trinajstić information content (AvgIpc) is 3.02. The van der Waals surface area contributed by atoms with E-state index in [-0.39, 0.29) is 18.0 Å². The van der Waals surface area contributed by atoms with Gasteiger partial charge >= 0.3 is 11.7 Å². The van der Waals surface area contributed by atoms with Crippen LogP contribution in [0.25, 0.3) is 0 Å². The van der Waals surface area contributed by atoms with Crippen molar-refractivity contribution in [1.82, 2.24) is 9.55 Å². The second-order valence-electron chi connectivity index (χ2n) is 4.93. The van der Waals surface area contributed by atoms with Gasteiger partial charge in [0, 0.05) is 26.8 Å². The fourth-order valence-electron chi connectivity index (χ4n) is 2.36. The van der Waals surface area contributed by atoms with Crippen LogP contribution in [0.15, 0.2) is 29.2 Å². The van der Waals surface area contributed by atoms with Crippen molar-refractivity contribution in [3.63, 3.8) is 0 Å².